The van der Waals surface area contributed by atoms with Crippen molar-refractivity contribution in [3.8, 4) is 0 Å². The summed E-state index contributed by atoms with van der Waals surface area (Å²) >= 11 is 7.87. The normalized spacial score (nSPS) is 14.6. The molecule has 0 atom stereocenters. The van der Waals surface area contributed by atoms with Crippen molar-refractivity contribution in [2.24, 2.45) is 5.73 Å². The van der Waals surface area contributed by atoms with Gasteiger partial charge in [-0.3, -0.25) is 0 Å². The van der Waals surface area contributed by atoms with Gasteiger partial charge in [-0.1, -0.05) is 17.7 Å². The van der Waals surface area contributed by atoms with Crippen LogP contribution in [0.4, 0.5) is 5.69 Å². The maximum Gasteiger partial charge on any atom is 0.0526 e. The van der Waals surface area contributed by atoms with Crippen LogP contribution < -0.4 is 10.6 Å². The van der Waals surface area contributed by atoms with Gasteiger partial charge < -0.3 is 10.6 Å². The highest BCUT2D eigenvalue weighted by molar-refractivity contribution is 7.09. The van der Waals surface area contributed by atoms with E-state index in [0.29, 0.717) is 12.6 Å². The molecule has 0 amide bonds. The van der Waals surface area contributed by atoms with Crippen LogP contribution in [0.2, 0.25) is 5.02 Å². The zero-order valence-electron chi connectivity index (χ0n) is 10.7. The fourth-order valence-electron chi connectivity index (χ4n) is 2.37. The third-order valence-corrected chi connectivity index (χ3v) is 4.56. The van der Waals surface area contributed by atoms with Gasteiger partial charge in [-0.15, -0.1) is 11.3 Å². The Bertz CT molecular complexity index is 549. The van der Waals surface area contributed by atoms with E-state index in [1.165, 1.54) is 23.4 Å². The lowest BCUT2D eigenvalue weighted by atomic mass is 10.1. The fraction of sp³-hybridized carbons (Fsp3) is 0.333. The van der Waals surface area contributed by atoms with E-state index in [1.807, 2.05) is 23.5 Å². The van der Waals surface area contributed by atoms with Crippen LogP contribution >= 0.6 is 22.9 Å². The van der Waals surface area contributed by atoms with Crippen LogP contribution in [0.5, 0.6) is 0 Å². The van der Waals surface area contributed by atoms with Gasteiger partial charge in [0.2, 0.25) is 0 Å². The minimum atomic E-state index is 0.531. The van der Waals surface area contributed by atoms with E-state index in [2.05, 4.69) is 28.5 Å². The minimum Gasteiger partial charge on any atom is -0.363 e. The van der Waals surface area contributed by atoms with Crippen molar-refractivity contribution in [2.75, 3.05) is 4.90 Å². The molecule has 3 rings (SSSR count). The Balaban J connectivity index is 1.91. The molecular weight excluding hydrogens is 276 g/mol. The molecule has 2 aromatic rings. The first kappa shape index (κ1) is 13.0. The standard InChI is InChI=1S/C15H17ClN2S/c16-12-3-6-15(11(8-12)9-17)18(13-4-5-13)10-14-2-1-7-19-14/h1-3,6-8,13H,4-5,9-10,17H2. The molecule has 2 nitrogen and oxygen atoms in total. The summed E-state index contributed by atoms with van der Waals surface area (Å²) in [5.41, 5.74) is 8.24. The Morgan fingerprint density at radius 2 is 2.16 bits per heavy atom. The summed E-state index contributed by atoms with van der Waals surface area (Å²) in [6.07, 6.45) is 2.55. The predicted molar refractivity (Wildman–Crippen MR) is 82.9 cm³/mol. The molecule has 0 radical (unpaired) electrons. The van der Waals surface area contributed by atoms with Gasteiger partial charge in [-0.05, 0) is 48.1 Å². The molecule has 1 saturated carbocycles. The molecule has 100 valence electrons. The van der Waals surface area contributed by atoms with E-state index < -0.39 is 0 Å². The van der Waals surface area contributed by atoms with Gasteiger partial charge in [-0.2, -0.15) is 0 Å². The second-order valence-electron chi connectivity index (χ2n) is 4.92. The molecule has 2 N–H and O–H groups in total. The van der Waals surface area contributed by atoms with Crippen LogP contribution in [0.1, 0.15) is 23.3 Å². The van der Waals surface area contributed by atoms with E-state index in [0.717, 1.165) is 17.1 Å². The molecule has 0 unspecified atom stereocenters. The quantitative estimate of drug-likeness (QED) is 0.901. The highest BCUT2D eigenvalue weighted by atomic mass is 35.5. The average molecular weight is 293 g/mol. The first-order valence-electron chi connectivity index (χ1n) is 6.55. The van der Waals surface area contributed by atoms with Crippen molar-refractivity contribution >= 4 is 28.6 Å². The van der Waals surface area contributed by atoms with Crippen molar-refractivity contribution in [3.05, 3.63) is 51.2 Å². The van der Waals surface area contributed by atoms with Crippen LogP contribution in [-0.4, -0.2) is 6.04 Å². The summed E-state index contributed by atoms with van der Waals surface area (Å²) in [6, 6.07) is 11.0. The lowest BCUT2D eigenvalue weighted by Crippen LogP contribution is -2.26. The largest absolute Gasteiger partial charge is 0.363 e. The maximum atomic E-state index is 6.07. The SMILES string of the molecule is NCc1cc(Cl)ccc1N(Cc1cccs1)C1CC1. The molecule has 0 aliphatic heterocycles. The van der Waals surface area contributed by atoms with E-state index >= 15 is 0 Å². The predicted octanol–water partition coefficient (Wildman–Crippen LogP) is 4.03. The fourth-order valence-corrected chi connectivity index (χ4v) is 3.26. The van der Waals surface area contributed by atoms with Crippen molar-refractivity contribution in [1.82, 2.24) is 0 Å². The first-order valence-corrected chi connectivity index (χ1v) is 7.81. The van der Waals surface area contributed by atoms with Crippen molar-refractivity contribution < 1.29 is 0 Å². The summed E-state index contributed by atoms with van der Waals surface area (Å²) in [5.74, 6) is 0. The molecule has 1 fully saturated rings. The van der Waals surface area contributed by atoms with Gasteiger partial charge in [0, 0.05) is 28.2 Å². The zero-order chi connectivity index (χ0) is 13.2. The third kappa shape index (κ3) is 2.94. The summed E-state index contributed by atoms with van der Waals surface area (Å²) in [7, 11) is 0. The first-order chi connectivity index (χ1) is 9.28. The molecule has 0 bridgehead atoms. The molecule has 1 aromatic heterocycles. The summed E-state index contributed by atoms with van der Waals surface area (Å²) in [5, 5.41) is 2.89. The molecular formula is C15H17ClN2S. The van der Waals surface area contributed by atoms with Gasteiger partial charge >= 0.3 is 0 Å². The molecule has 1 aliphatic rings. The van der Waals surface area contributed by atoms with E-state index in [4.69, 9.17) is 17.3 Å². The van der Waals surface area contributed by atoms with Crippen LogP contribution in [0.3, 0.4) is 0 Å². The van der Waals surface area contributed by atoms with Crippen LogP contribution in [0.15, 0.2) is 35.7 Å². The third-order valence-electron chi connectivity index (χ3n) is 3.46. The highest BCUT2D eigenvalue weighted by Gasteiger charge is 2.30. The zero-order valence-corrected chi connectivity index (χ0v) is 12.3. The Morgan fingerprint density at radius 3 is 2.79 bits per heavy atom. The average Bonchev–Trinajstić information content (AvgIpc) is 3.13. The smallest absolute Gasteiger partial charge is 0.0526 e. The molecule has 0 saturated heterocycles. The summed E-state index contributed by atoms with van der Waals surface area (Å²) in [6.45, 7) is 1.50. The van der Waals surface area contributed by atoms with Crippen LogP contribution in [0, 0.1) is 0 Å². The number of thiophene rings is 1. The van der Waals surface area contributed by atoms with E-state index in [-0.39, 0.29) is 0 Å². The molecule has 1 aromatic carbocycles. The Hall–Kier alpha value is -1.03. The van der Waals surface area contributed by atoms with Crippen LogP contribution in [0.25, 0.3) is 0 Å². The topological polar surface area (TPSA) is 29.3 Å². The maximum absolute atomic E-state index is 6.07. The second-order valence-corrected chi connectivity index (χ2v) is 6.38. The second kappa shape index (κ2) is 5.53. The Labute approximate surface area is 122 Å². The summed E-state index contributed by atoms with van der Waals surface area (Å²) < 4.78 is 0. The van der Waals surface area contributed by atoms with E-state index in [9.17, 15) is 0 Å². The Morgan fingerprint density at radius 1 is 1.32 bits per heavy atom. The number of nitrogens with two attached hydrogens (primary N) is 1. The van der Waals surface area contributed by atoms with Gasteiger partial charge in [0.05, 0.1) is 6.54 Å². The molecule has 4 heteroatoms. The van der Waals surface area contributed by atoms with Gasteiger partial charge in [-0.25, -0.2) is 0 Å². The van der Waals surface area contributed by atoms with Gasteiger partial charge in [0.15, 0.2) is 0 Å². The van der Waals surface area contributed by atoms with Gasteiger partial charge in [0.25, 0.3) is 0 Å². The number of benzene rings is 1. The van der Waals surface area contributed by atoms with Gasteiger partial charge in [0.1, 0.15) is 0 Å². The van der Waals surface area contributed by atoms with Crippen LogP contribution in [-0.2, 0) is 13.1 Å². The van der Waals surface area contributed by atoms with Crippen molar-refractivity contribution in [1.29, 1.82) is 0 Å². The number of anilines is 1. The number of hydrogen-bond acceptors (Lipinski definition) is 3. The number of rotatable bonds is 5. The van der Waals surface area contributed by atoms with E-state index in [1.54, 1.807) is 0 Å². The minimum absolute atomic E-state index is 0.531. The lowest BCUT2D eigenvalue weighted by molar-refractivity contribution is 0.794. The van der Waals surface area contributed by atoms with Crippen molar-refractivity contribution in [3.63, 3.8) is 0 Å². The highest BCUT2D eigenvalue weighted by Crippen LogP contribution is 2.36. The molecule has 19 heavy (non-hydrogen) atoms. The van der Waals surface area contributed by atoms with Crippen molar-refractivity contribution in [2.45, 2.75) is 32.0 Å². The monoisotopic (exact) mass is 292 g/mol. The molecule has 1 heterocycles. The molecule has 1 aliphatic carbocycles. The Kier molecular flexibility index (Phi) is 3.78. The molecule has 0 spiro atoms. The summed E-state index contributed by atoms with van der Waals surface area (Å²) in [4.78, 5) is 3.87. The lowest BCUT2D eigenvalue weighted by Gasteiger charge is -2.26. The number of halogens is 1. The number of nitrogens with zero attached hydrogens (tertiary/aromatic N) is 1. The number of hydrogen-bond donors (Lipinski definition) is 1.